The molecule has 7 heteroatoms. The molecule has 0 spiro atoms. The predicted molar refractivity (Wildman–Crippen MR) is 121 cm³/mol. The molecular formula is C21H31N4OS2+. The molecule has 0 radical (unpaired) electrons. The Morgan fingerprint density at radius 3 is 2.82 bits per heavy atom. The van der Waals surface area contributed by atoms with Crippen LogP contribution < -0.4 is 9.80 Å². The Labute approximate surface area is 176 Å². The third-order valence-corrected chi connectivity index (χ3v) is 8.44. The Balaban J connectivity index is 1.44. The Morgan fingerprint density at radius 1 is 1.32 bits per heavy atom. The van der Waals surface area contributed by atoms with E-state index in [1.165, 1.54) is 11.1 Å². The first-order chi connectivity index (χ1) is 13.4. The summed E-state index contributed by atoms with van der Waals surface area (Å²) in [5.41, 5.74) is 1.44. The van der Waals surface area contributed by atoms with Crippen LogP contribution in [0.1, 0.15) is 33.6 Å². The largest absolute Gasteiger partial charge is 0.330 e. The number of unbranched alkanes of at least 4 members (excludes halogenated alkanes) is 1. The molecule has 2 aliphatic heterocycles. The molecule has 1 atom stereocenters. The summed E-state index contributed by atoms with van der Waals surface area (Å²) >= 11 is 3.55. The van der Waals surface area contributed by atoms with Crippen LogP contribution in [0, 0.1) is 0 Å². The molecule has 2 aromatic heterocycles. The predicted octanol–water partition coefficient (Wildman–Crippen LogP) is 3.69. The molecular weight excluding hydrogens is 388 g/mol. The minimum Gasteiger partial charge on any atom is -0.330 e. The highest BCUT2D eigenvalue weighted by Gasteiger charge is 2.43. The fourth-order valence-electron chi connectivity index (χ4n) is 4.66. The molecule has 4 rings (SSSR count). The maximum absolute atomic E-state index is 12.6. The van der Waals surface area contributed by atoms with E-state index in [-0.39, 0.29) is 10.1 Å². The fraction of sp³-hybridized carbons (Fsp3) is 0.619. The number of quaternary nitrogens is 1. The van der Waals surface area contributed by atoms with Crippen LogP contribution >= 0.6 is 23.1 Å². The SMILES string of the molecule is CC1SC(C)(C)C(=O)N1CCCC[N+]1(c2csc3ncccc23)CCNCC1. The van der Waals surface area contributed by atoms with E-state index in [0.717, 1.165) is 61.4 Å². The molecule has 0 aromatic carbocycles. The molecule has 0 bridgehead atoms. The zero-order valence-corrected chi connectivity index (χ0v) is 18.7. The van der Waals surface area contributed by atoms with Gasteiger partial charge in [-0.2, -0.15) is 0 Å². The first-order valence-corrected chi connectivity index (χ1v) is 12.1. The Hall–Kier alpha value is -1.15. The van der Waals surface area contributed by atoms with Gasteiger partial charge >= 0.3 is 0 Å². The summed E-state index contributed by atoms with van der Waals surface area (Å²) in [5.74, 6) is 0.297. The number of rotatable bonds is 6. The number of piperazine rings is 1. The molecule has 2 saturated heterocycles. The van der Waals surface area contributed by atoms with E-state index in [9.17, 15) is 4.79 Å². The van der Waals surface area contributed by atoms with Gasteiger partial charge in [-0.3, -0.25) is 9.28 Å². The normalized spacial score (nSPS) is 24.2. The Morgan fingerprint density at radius 2 is 2.11 bits per heavy atom. The monoisotopic (exact) mass is 419 g/mol. The maximum Gasteiger partial charge on any atom is 0.239 e. The lowest BCUT2D eigenvalue weighted by molar-refractivity contribution is -0.131. The van der Waals surface area contributed by atoms with Gasteiger partial charge in [0.1, 0.15) is 4.83 Å². The van der Waals surface area contributed by atoms with E-state index in [1.54, 1.807) is 23.1 Å². The summed E-state index contributed by atoms with van der Waals surface area (Å²) in [6.45, 7) is 12.6. The van der Waals surface area contributed by atoms with Crippen LogP contribution in [0.3, 0.4) is 0 Å². The number of pyridine rings is 1. The number of hydrogen-bond donors (Lipinski definition) is 1. The molecule has 1 amide bonds. The standard InChI is InChI=1S/C21H31N4OS2/c1-16-24(20(26)21(2,3)28-16)11-4-5-12-25(13-9-22-10-14-25)18-15-27-19-17(18)7-6-8-23-19/h6-8,15-16,22H,4-5,9-14H2,1-3H3/q+1. The van der Waals surface area contributed by atoms with Crippen LogP contribution in [0.5, 0.6) is 0 Å². The van der Waals surface area contributed by atoms with Crippen LogP contribution in [-0.4, -0.2) is 65.2 Å². The first kappa shape index (κ1) is 20.1. The van der Waals surface area contributed by atoms with Crippen LogP contribution in [0.15, 0.2) is 23.7 Å². The van der Waals surface area contributed by atoms with Crippen molar-refractivity contribution >= 4 is 44.9 Å². The van der Waals surface area contributed by atoms with Crippen molar-refractivity contribution in [3.05, 3.63) is 23.7 Å². The summed E-state index contributed by atoms with van der Waals surface area (Å²) < 4.78 is 0.775. The lowest BCUT2D eigenvalue weighted by atomic mass is 10.1. The highest BCUT2D eigenvalue weighted by molar-refractivity contribution is 8.02. The van der Waals surface area contributed by atoms with Crippen molar-refractivity contribution in [2.45, 2.75) is 43.7 Å². The molecule has 4 heterocycles. The van der Waals surface area contributed by atoms with E-state index in [0.29, 0.717) is 5.91 Å². The Kier molecular flexibility index (Phi) is 5.71. The summed E-state index contributed by atoms with van der Waals surface area (Å²) in [4.78, 5) is 20.4. The average molecular weight is 420 g/mol. The quantitative estimate of drug-likeness (QED) is 0.573. The average Bonchev–Trinajstić information content (AvgIpc) is 3.20. The highest BCUT2D eigenvalue weighted by Crippen LogP contribution is 2.40. The van der Waals surface area contributed by atoms with E-state index in [4.69, 9.17) is 0 Å². The van der Waals surface area contributed by atoms with E-state index < -0.39 is 0 Å². The van der Waals surface area contributed by atoms with Crippen molar-refractivity contribution in [3.8, 4) is 0 Å². The summed E-state index contributed by atoms with van der Waals surface area (Å²) in [6, 6.07) is 4.27. The zero-order valence-electron chi connectivity index (χ0n) is 17.1. The van der Waals surface area contributed by atoms with Gasteiger partial charge < -0.3 is 10.2 Å². The van der Waals surface area contributed by atoms with E-state index in [1.807, 2.05) is 20.0 Å². The first-order valence-electron chi connectivity index (χ1n) is 10.3. The molecule has 1 N–H and O–H groups in total. The van der Waals surface area contributed by atoms with Crippen molar-refractivity contribution in [2.75, 3.05) is 39.3 Å². The zero-order chi connectivity index (χ0) is 19.8. The lowest BCUT2D eigenvalue weighted by Gasteiger charge is -2.41. The Bertz CT molecular complexity index is 844. The maximum atomic E-state index is 12.6. The van der Waals surface area contributed by atoms with E-state index in [2.05, 4.69) is 39.6 Å². The second kappa shape index (κ2) is 7.94. The fourth-order valence-corrected chi connectivity index (χ4v) is 7.06. The van der Waals surface area contributed by atoms with Gasteiger partial charge in [0, 0.05) is 25.8 Å². The lowest BCUT2D eigenvalue weighted by Crippen LogP contribution is -2.60. The molecule has 2 aliphatic rings. The summed E-state index contributed by atoms with van der Waals surface area (Å²) in [7, 11) is 0. The third-order valence-electron chi connectivity index (χ3n) is 6.19. The van der Waals surface area contributed by atoms with Gasteiger partial charge in [0.25, 0.3) is 0 Å². The number of thioether (sulfide) groups is 1. The third kappa shape index (κ3) is 3.70. The minimum absolute atomic E-state index is 0.270. The number of hydrogen-bond acceptors (Lipinski definition) is 5. The van der Waals surface area contributed by atoms with Gasteiger partial charge in [0.05, 0.1) is 40.5 Å². The molecule has 2 aromatic rings. The topological polar surface area (TPSA) is 45.2 Å². The van der Waals surface area contributed by atoms with E-state index >= 15 is 0 Å². The number of aromatic nitrogens is 1. The van der Waals surface area contributed by atoms with Gasteiger partial charge in [-0.25, -0.2) is 4.98 Å². The highest BCUT2D eigenvalue weighted by atomic mass is 32.2. The van der Waals surface area contributed by atoms with Crippen molar-refractivity contribution in [1.82, 2.24) is 19.7 Å². The second-order valence-corrected chi connectivity index (χ2v) is 11.3. The minimum atomic E-state index is -0.270. The van der Waals surface area contributed by atoms with Gasteiger partial charge in [0.2, 0.25) is 5.91 Å². The number of nitrogens with one attached hydrogen (secondary N) is 1. The number of nitrogens with zero attached hydrogens (tertiary/aromatic N) is 3. The number of amides is 1. The number of carbonyl (C=O) groups excluding carboxylic acids is 1. The van der Waals surface area contributed by atoms with Gasteiger partial charge in [-0.05, 0) is 45.7 Å². The molecule has 28 heavy (non-hydrogen) atoms. The van der Waals surface area contributed by atoms with Gasteiger partial charge in [-0.1, -0.05) is 0 Å². The van der Waals surface area contributed by atoms with Crippen molar-refractivity contribution in [2.24, 2.45) is 0 Å². The molecule has 1 unspecified atom stereocenters. The molecule has 0 saturated carbocycles. The molecule has 0 aliphatic carbocycles. The molecule has 5 nitrogen and oxygen atoms in total. The van der Waals surface area contributed by atoms with Crippen LogP contribution in [0.2, 0.25) is 0 Å². The smallest absolute Gasteiger partial charge is 0.239 e. The van der Waals surface area contributed by atoms with Crippen LogP contribution in [0.4, 0.5) is 5.69 Å². The second-order valence-electron chi connectivity index (χ2n) is 8.48. The molecule has 152 valence electrons. The van der Waals surface area contributed by atoms with Crippen molar-refractivity contribution < 1.29 is 4.79 Å². The van der Waals surface area contributed by atoms with Crippen LogP contribution in [0.25, 0.3) is 10.2 Å². The summed E-state index contributed by atoms with van der Waals surface area (Å²) in [6.07, 6.45) is 4.10. The van der Waals surface area contributed by atoms with Gasteiger partial charge in [0.15, 0.2) is 5.69 Å². The van der Waals surface area contributed by atoms with Crippen molar-refractivity contribution in [1.29, 1.82) is 0 Å². The number of thiophene rings is 1. The molecule has 2 fully saturated rings. The number of fused-ring (bicyclic) bond motifs is 1. The van der Waals surface area contributed by atoms with Crippen molar-refractivity contribution in [3.63, 3.8) is 0 Å². The summed E-state index contributed by atoms with van der Waals surface area (Å²) in [5, 5.41) is 7.45. The number of carbonyl (C=O) groups is 1. The van der Waals surface area contributed by atoms with Crippen LogP contribution in [-0.2, 0) is 4.79 Å². The van der Waals surface area contributed by atoms with Gasteiger partial charge in [-0.15, -0.1) is 23.1 Å².